The first-order valence-corrected chi connectivity index (χ1v) is 13.8. The van der Waals surface area contributed by atoms with Crippen LogP contribution in [0.1, 0.15) is 53.7 Å². The van der Waals surface area contributed by atoms with E-state index < -0.39 is 64.7 Å². The Morgan fingerprint density at radius 3 is 2.28 bits per heavy atom. The molecule has 8 nitrogen and oxygen atoms in total. The number of halogens is 7. The molecule has 0 unspecified atom stereocenters. The van der Waals surface area contributed by atoms with Gasteiger partial charge in [-0.2, -0.15) is 13.2 Å². The highest BCUT2D eigenvalue weighted by atomic mass is 35.5. The number of hydrogen-bond donors (Lipinski definition) is 3. The molecule has 0 aromatic heterocycles. The van der Waals surface area contributed by atoms with Crippen LogP contribution < -0.4 is 15.4 Å². The fourth-order valence-electron chi connectivity index (χ4n) is 3.80. The summed E-state index contributed by atoms with van der Waals surface area (Å²) in [7, 11) is 0. The minimum Gasteiger partial charge on any atom is -0.483 e. The number of alkyl halides is 3. The van der Waals surface area contributed by atoms with Gasteiger partial charge in [-0.15, -0.1) is 0 Å². The summed E-state index contributed by atoms with van der Waals surface area (Å²) in [6, 6.07) is 6.85. The number of carbonyl (C=O) groups excluding carboxylic acids is 3. The van der Waals surface area contributed by atoms with E-state index >= 15 is 0 Å². The first-order valence-electron chi connectivity index (χ1n) is 13.0. The number of ether oxygens (including phenoxy) is 1. The van der Waals surface area contributed by atoms with Gasteiger partial charge in [-0.25, -0.2) is 8.78 Å². The van der Waals surface area contributed by atoms with Crippen molar-refractivity contribution in [1.82, 2.24) is 5.32 Å². The van der Waals surface area contributed by atoms with Crippen LogP contribution >= 0.6 is 23.2 Å². The minimum atomic E-state index is -4.92. The molecule has 0 aliphatic heterocycles. The summed E-state index contributed by atoms with van der Waals surface area (Å²) in [6.07, 6.45) is -5.57. The molecule has 242 valence electrons. The molecule has 3 aromatic carbocycles. The first-order chi connectivity index (χ1) is 21.3. The summed E-state index contributed by atoms with van der Waals surface area (Å²) in [5, 5.41) is 13.4. The van der Waals surface area contributed by atoms with E-state index in [0.717, 1.165) is 18.2 Å². The van der Waals surface area contributed by atoms with Gasteiger partial charge >= 0.3 is 12.1 Å². The first kappa shape index (κ1) is 35.8. The maximum Gasteiger partial charge on any atom is 0.416 e. The Hall–Kier alpha value is -4.67. The summed E-state index contributed by atoms with van der Waals surface area (Å²) in [5.41, 5.74) is -3.89. The fraction of sp³-hybridized carbons (Fsp3) is 0.226. The Bertz CT molecular complexity index is 1770. The lowest BCUT2D eigenvalue weighted by Crippen LogP contribution is -2.42. The normalized spacial score (nSPS) is 11.2. The molecule has 0 fully saturated rings. The number of nitrogens with one attached hydrogen (secondary N) is 2. The lowest BCUT2D eigenvalue weighted by molar-refractivity contribution is -0.139. The largest absolute Gasteiger partial charge is 0.483 e. The number of carboxylic acids is 1. The van der Waals surface area contributed by atoms with Gasteiger partial charge in [-0.05, 0) is 56.3 Å². The molecule has 2 amide bonds. The molecular formula is C31H23Cl2F5N2O6. The number of ketones is 1. The average Bonchev–Trinajstić information content (AvgIpc) is 2.95. The minimum absolute atomic E-state index is 0.00185. The van der Waals surface area contributed by atoms with Gasteiger partial charge in [0.05, 0.1) is 39.4 Å². The molecule has 3 aromatic rings. The molecule has 0 saturated heterocycles. The molecule has 15 heteroatoms. The maximum absolute atomic E-state index is 14.8. The number of aliphatic carboxylic acids is 1. The molecule has 3 N–H and O–H groups in total. The predicted octanol–water partition coefficient (Wildman–Crippen LogP) is 6.65. The summed E-state index contributed by atoms with van der Waals surface area (Å²) in [5.74, 6) is -0.909. The van der Waals surface area contributed by atoms with Gasteiger partial charge in [0.25, 0.3) is 5.91 Å². The van der Waals surface area contributed by atoms with Crippen LogP contribution in [0, 0.1) is 23.5 Å². The van der Waals surface area contributed by atoms with E-state index in [1.807, 2.05) is 0 Å². The quantitative estimate of drug-likeness (QED) is 0.125. The molecular weight excluding hydrogens is 662 g/mol. The second-order valence-electron chi connectivity index (χ2n) is 10.2. The van der Waals surface area contributed by atoms with E-state index in [9.17, 15) is 41.1 Å². The van der Waals surface area contributed by atoms with Crippen LogP contribution in [0.25, 0.3) is 0 Å². The highest BCUT2D eigenvalue weighted by Gasteiger charge is 2.32. The summed E-state index contributed by atoms with van der Waals surface area (Å²) >= 11 is 12.1. The third-order valence-corrected chi connectivity index (χ3v) is 6.44. The standard InChI is InChI=1S/C31H23Cl2F5N2O6/c1-30(2,40-26(41)5-6-28(43)44)8-7-16-11-22(33)24(14-23(16)35)39-27(42)15-46-25-4-3-19(32)13-21(25)29(45)17-9-18(31(36,37)38)12-20(34)10-17/h3-4,9-14H,5-6,15H2,1-2H3,(H,39,42)(H,40,41)(H,43,44). The molecule has 0 bridgehead atoms. The van der Waals surface area contributed by atoms with Gasteiger partial charge in [0.1, 0.15) is 17.4 Å². The molecule has 0 atom stereocenters. The van der Waals surface area contributed by atoms with E-state index in [4.69, 9.17) is 33.0 Å². The summed E-state index contributed by atoms with van der Waals surface area (Å²) in [4.78, 5) is 48.2. The van der Waals surface area contributed by atoms with Crippen LogP contribution in [0.2, 0.25) is 10.0 Å². The smallest absolute Gasteiger partial charge is 0.416 e. The molecule has 3 rings (SSSR count). The van der Waals surface area contributed by atoms with Crippen LogP contribution in [-0.4, -0.2) is 40.8 Å². The van der Waals surface area contributed by atoms with Crippen molar-refractivity contribution >= 4 is 52.5 Å². The molecule has 0 spiro atoms. The number of rotatable bonds is 10. The average molecular weight is 685 g/mol. The Balaban J connectivity index is 1.73. The number of benzene rings is 3. The number of anilines is 1. The third-order valence-electron chi connectivity index (χ3n) is 5.89. The van der Waals surface area contributed by atoms with Gasteiger partial charge in [0, 0.05) is 23.1 Å². The number of carboxylic acid groups (broad SMARTS) is 1. The monoisotopic (exact) mass is 684 g/mol. The SMILES string of the molecule is CC(C)(C#Cc1cc(Cl)c(NC(=O)COc2ccc(Cl)cc2C(=O)c2cc(F)cc(C(F)(F)F)c2)cc1F)NC(=O)CCC(=O)O. The fourth-order valence-corrected chi connectivity index (χ4v) is 4.18. The van der Waals surface area contributed by atoms with Gasteiger partial charge in [0.15, 0.2) is 12.4 Å². The molecule has 0 saturated carbocycles. The van der Waals surface area contributed by atoms with Crippen molar-refractivity contribution < 1.29 is 51.0 Å². The van der Waals surface area contributed by atoms with Crippen molar-refractivity contribution in [1.29, 1.82) is 0 Å². The van der Waals surface area contributed by atoms with Gasteiger partial charge in [0.2, 0.25) is 5.91 Å². The molecule has 0 aliphatic rings. The van der Waals surface area contributed by atoms with Gasteiger partial charge in [-0.3, -0.25) is 19.2 Å². The van der Waals surface area contributed by atoms with Crippen molar-refractivity contribution in [3.63, 3.8) is 0 Å². The van der Waals surface area contributed by atoms with Crippen molar-refractivity contribution in [2.45, 2.75) is 38.4 Å². The van der Waals surface area contributed by atoms with Crippen LogP contribution in [0.15, 0.2) is 48.5 Å². The molecule has 0 aliphatic carbocycles. The summed E-state index contributed by atoms with van der Waals surface area (Å²) < 4.78 is 73.6. The number of carbonyl (C=O) groups is 4. The van der Waals surface area contributed by atoms with E-state index in [-0.39, 0.29) is 51.5 Å². The predicted molar refractivity (Wildman–Crippen MR) is 158 cm³/mol. The van der Waals surface area contributed by atoms with Crippen molar-refractivity contribution in [3.05, 3.63) is 92.5 Å². The van der Waals surface area contributed by atoms with Gasteiger partial charge < -0.3 is 20.5 Å². The van der Waals surface area contributed by atoms with E-state index in [1.54, 1.807) is 0 Å². The second kappa shape index (κ2) is 14.6. The molecule has 0 heterocycles. The van der Waals surface area contributed by atoms with Crippen LogP contribution in [-0.2, 0) is 20.6 Å². The Labute approximate surface area is 268 Å². The summed E-state index contributed by atoms with van der Waals surface area (Å²) in [6.45, 7) is 2.27. The van der Waals surface area contributed by atoms with Crippen LogP contribution in [0.4, 0.5) is 27.6 Å². The van der Waals surface area contributed by atoms with Crippen molar-refractivity contribution in [2.24, 2.45) is 0 Å². The van der Waals surface area contributed by atoms with E-state index in [0.29, 0.717) is 12.1 Å². The van der Waals surface area contributed by atoms with E-state index in [2.05, 4.69) is 22.5 Å². The molecule has 46 heavy (non-hydrogen) atoms. The lowest BCUT2D eigenvalue weighted by atomic mass is 10.00. The zero-order valence-electron chi connectivity index (χ0n) is 23.9. The Kier molecular flexibility index (Phi) is 11.4. The van der Waals surface area contributed by atoms with Crippen molar-refractivity contribution in [2.75, 3.05) is 11.9 Å². The van der Waals surface area contributed by atoms with Gasteiger partial charge in [-0.1, -0.05) is 35.0 Å². The maximum atomic E-state index is 14.8. The number of amides is 2. The topological polar surface area (TPSA) is 122 Å². The zero-order valence-corrected chi connectivity index (χ0v) is 25.4. The Morgan fingerprint density at radius 2 is 1.63 bits per heavy atom. The van der Waals surface area contributed by atoms with Crippen molar-refractivity contribution in [3.8, 4) is 17.6 Å². The lowest BCUT2D eigenvalue weighted by Gasteiger charge is -2.19. The van der Waals surface area contributed by atoms with Crippen LogP contribution in [0.3, 0.4) is 0 Å². The Morgan fingerprint density at radius 1 is 0.935 bits per heavy atom. The van der Waals surface area contributed by atoms with E-state index in [1.165, 1.54) is 26.0 Å². The molecule has 0 radical (unpaired) electrons. The third kappa shape index (κ3) is 10.2. The zero-order chi connectivity index (χ0) is 34.4. The highest BCUT2D eigenvalue weighted by molar-refractivity contribution is 6.34. The van der Waals surface area contributed by atoms with Crippen LogP contribution in [0.5, 0.6) is 5.75 Å². The number of hydrogen-bond acceptors (Lipinski definition) is 5. The second-order valence-corrected chi connectivity index (χ2v) is 11.0. The highest BCUT2D eigenvalue weighted by Crippen LogP contribution is 2.32.